The van der Waals surface area contributed by atoms with Gasteiger partial charge in [-0.2, -0.15) is 4.31 Å². The van der Waals surface area contributed by atoms with Gasteiger partial charge in [-0.05, 0) is 26.1 Å². The summed E-state index contributed by atoms with van der Waals surface area (Å²) in [5.74, 6) is 0. The molecule has 0 aliphatic rings. The van der Waals surface area contributed by atoms with Gasteiger partial charge in [-0.1, -0.05) is 0 Å². The van der Waals surface area contributed by atoms with Gasteiger partial charge in [0, 0.05) is 31.6 Å². The minimum Gasteiger partial charge on any atom is -0.383 e. The standard InChI is InChI=1S/C11H20N2O3S2/c1-9(8-16-4)13(3)18(14,15)11-6-5-10(17-11)7-12-2/h5-6,9,12H,7-8H2,1-4H3. The molecule has 1 unspecified atom stereocenters. The molecule has 1 aromatic rings. The Balaban J connectivity index is 2.90. The minimum absolute atomic E-state index is 0.185. The van der Waals surface area contributed by atoms with E-state index < -0.39 is 10.0 Å². The molecule has 0 aliphatic heterocycles. The Kier molecular flexibility index (Phi) is 5.74. The van der Waals surface area contributed by atoms with Gasteiger partial charge < -0.3 is 10.1 Å². The molecule has 0 spiro atoms. The molecule has 1 heterocycles. The lowest BCUT2D eigenvalue weighted by Gasteiger charge is -2.22. The molecule has 7 heteroatoms. The molecule has 18 heavy (non-hydrogen) atoms. The van der Waals surface area contributed by atoms with Gasteiger partial charge >= 0.3 is 0 Å². The van der Waals surface area contributed by atoms with Gasteiger partial charge in [-0.3, -0.25) is 0 Å². The van der Waals surface area contributed by atoms with Crippen molar-refractivity contribution in [3.8, 4) is 0 Å². The van der Waals surface area contributed by atoms with Gasteiger partial charge in [0.25, 0.3) is 10.0 Å². The van der Waals surface area contributed by atoms with Crippen LogP contribution < -0.4 is 5.32 Å². The van der Waals surface area contributed by atoms with E-state index in [0.717, 1.165) is 4.88 Å². The summed E-state index contributed by atoms with van der Waals surface area (Å²) in [5, 5.41) is 3.00. The summed E-state index contributed by atoms with van der Waals surface area (Å²) >= 11 is 1.30. The number of hydrogen-bond donors (Lipinski definition) is 1. The molecule has 1 atom stereocenters. The third kappa shape index (κ3) is 3.52. The number of nitrogens with one attached hydrogen (secondary N) is 1. The molecule has 0 radical (unpaired) electrons. The van der Waals surface area contributed by atoms with Gasteiger partial charge in [0.2, 0.25) is 0 Å². The van der Waals surface area contributed by atoms with Crippen molar-refractivity contribution in [1.82, 2.24) is 9.62 Å². The number of nitrogens with zero attached hydrogens (tertiary/aromatic N) is 1. The molecule has 5 nitrogen and oxygen atoms in total. The van der Waals surface area contributed by atoms with Crippen molar-refractivity contribution >= 4 is 21.4 Å². The van der Waals surface area contributed by atoms with Crippen molar-refractivity contribution in [3.05, 3.63) is 17.0 Å². The Hall–Kier alpha value is -0.470. The number of rotatable bonds is 7. The van der Waals surface area contributed by atoms with Crippen LogP contribution in [0.15, 0.2) is 16.3 Å². The minimum atomic E-state index is -3.41. The number of ether oxygens (including phenoxy) is 1. The summed E-state index contributed by atoms with van der Waals surface area (Å²) in [6, 6.07) is 3.31. The van der Waals surface area contributed by atoms with Crippen molar-refractivity contribution in [1.29, 1.82) is 0 Å². The van der Waals surface area contributed by atoms with Gasteiger partial charge in [-0.25, -0.2) is 8.42 Å². The van der Waals surface area contributed by atoms with Crippen molar-refractivity contribution in [3.63, 3.8) is 0 Å². The molecule has 0 saturated heterocycles. The summed E-state index contributed by atoms with van der Waals surface area (Å²) < 4.78 is 31.4. The summed E-state index contributed by atoms with van der Waals surface area (Å²) in [6.07, 6.45) is 0. The van der Waals surface area contributed by atoms with Crippen molar-refractivity contribution in [2.75, 3.05) is 27.8 Å². The van der Waals surface area contributed by atoms with Crippen LogP contribution in [-0.4, -0.2) is 46.6 Å². The number of sulfonamides is 1. The van der Waals surface area contributed by atoms with E-state index in [1.807, 2.05) is 20.0 Å². The van der Waals surface area contributed by atoms with Crippen LogP contribution in [0.25, 0.3) is 0 Å². The average molecular weight is 292 g/mol. The lowest BCUT2D eigenvalue weighted by Crippen LogP contribution is -2.37. The van der Waals surface area contributed by atoms with Crippen LogP contribution >= 0.6 is 11.3 Å². The Labute approximate surface area is 113 Å². The van der Waals surface area contributed by atoms with Gasteiger partial charge in [0.05, 0.1) is 6.61 Å². The normalized spacial score (nSPS) is 14.1. The van der Waals surface area contributed by atoms with Crippen LogP contribution in [0, 0.1) is 0 Å². The molecule has 0 aliphatic carbocycles. The lowest BCUT2D eigenvalue weighted by molar-refractivity contribution is 0.149. The first-order valence-corrected chi connectivity index (χ1v) is 7.89. The van der Waals surface area contributed by atoms with E-state index in [2.05, 4.69) is 5.32 Å². The first-order valence-electron chi connectivity index (χ1n) is 5.63. The van der Waals surface area contributed by atoms with Crippen LogP contribution in [0.1, 0.15) is 11.8 Å². The van der Waals surface area contributed by atoms with E-state index in [1.54, 1.807) is 20.2 Å². The second-order valence-corrected chi connectivity index (χ2v) is 7.47. The number of hydrogen-bond acceptors (Lipinski definition) is 5. The quantitative estimate of drug-likeness (QED) is 0.818. The summed E-state index contributed by atoms with van der Waals surface area (Å²) in [6.45, 7) is 2.88. The van der Waals surface area contributed by atoms with Gasteiger partial charge in [0.1, 0.15) is 4.21 Å². The first-order chi connectivity index (χ1) is 8.43. The zero-order chi connectivity index (χ0) is 13.8. The van der Waals surface area contributed by atoms with Gasteiger partial charge in [0.15, 0.2) is 0 Å². The Morgan fingerprint density at radius 2 is 2.17 bits per heavy atom. The van der Waals surface area contributed by atoms with E-state index in [1.165, 1.54) is 15.6 Å². The van der Waals surface area contributed by atoms with Gasteiger partial charge in [-0.15, -0.1) is 11.3 Å². The highest BCUT2D eigenvalue weighted by Crippen LogP contribution is 2.25. The number of methoxy groups -OCH3 is 1. The molecule has 1 aromatic heterocycles. The molecule has 1 N–H and O–H groups in total. The zero-order valence-electron chi connectivity index (χ0n) is 11.1. The van der Waals surface area contributed by atoms with E-state index in [4.69, 9.17) is 4.74 Å². The number of thiophene rings is 1. The molecular weight excluding hydrogens is 272 g/mol. The number of likely N-dealkylation sites (N-methyl/N-ethyl adjacent to an activating group) is 1. The second-order valence-electron chi connectivity index (χ2n) is 4.08. The Morgan fingerprint density at radius 1 is 1.50 bits per heavy atom. The smallest absolute Gasteiger partial charge is 0.252 e. The molecule has 0 amide bonds. The van der Waals surface area contributed by atoms with Crippen LogP contribution in [0.2, 0.25) is 0 Å². The van der Waals surface area contributed by atoms with Crippen LogP contribution in [0.4, 0.5) is 0 Å². The van der Waals surface area contributed by atoms with Crippen LogP contribution in [0.5, 0.6) is 0 Å². The Morgan fingerprint density at radius 3 is 2.72 bits per heavy atom. The van der Waals surface area contributed by atoms with Crippen LogP contribution in [-0.2, 0) is 21.3 Å². The fourth-order valence-electron chi connectivity index (χ4n) is 1.49. The average Bonchev–Trinajstić information content (AvgIpc) is 2.78. The van der Waals surface area contributed by atoms with E-state index >= 15 is 0 Å². The highest BCUT2D eigenvalue weighted by molar-refractivity contribution is 7.91. The predicted octanol–water partition coefficient (Wildman–Crippen LogP) is 1.12. The largest absolute Gasteiger partial charge is 0.383 e. The molecule has 0 saturated carbocycles. The highest BCUT2D eigenvalue weighted by atomic mass is 32.2. The molecule has 1 rings (SSSR count). The fourth-order valence-corrected chi connectivity index (χ4v) is 4.39. The van der Waals surface area contributed by atoms with Crippen LogP contribution in [0.3, 0.4) is 0 Å². The lowest BCUT2D eigenvalue weighted by atomic mass is 10.4. The van der Waals surface area contributed by atoms with E-state index in [9.17, 15) is 8.42 Å². The maximum Gasteiger partial charge on any atom is 0.252 e. The van der Waals surface area contributed by atoms with E-state index in [-0.39, 0.29) is 6.04 Å². The summed E-state index contributed by atoms with van der Waals surface area (Å²) in [5.41, 5.74) is 0. The third-order valence-corrected chi connectivity index (χ3v) is 6.17. The second kappa shape index (κ2) is 6.63. The topological polar surface area (TPSA) is 58.6 Å². The van der Waals surface area contributed by atoms with Crippen molar-refractivity contribution < 1.29 is 13.2 Å². The third-order valence-electron chi connectivity index (χ3n) is 2.65. The molecular formula is C11H20N2O3S2. The summed E-state index contributed by atoms with van der Waals surface area (Å²) in [7, 11) is 1.56. The first kappa shape index (κ1) is 15.6. The van der Waals surface area contributed by atoms with E-state index in [0.29, 0.717) is 17.4 Å². The summed E-state index contributed by atoms with van der Waals surface area (Å²) in [4.78, 5) is 1.00. The van der Waals surface area contributed by atoms with Crippen molar-refractivity contribution in [2.24, 2.45) is 0 Å². The SMILES string of the molecule is CNCc1ccc(S(=O)(=O)N(C)C(C)COC)s1. The van der Waals surface area contributed by atoms with Crippen molar-refractivity contribution in [2.45, 2.75) is 23.7 Å². The monoisotopic (exact) mass is 292 g/mol. The maximum atomic E-state index is 12.3. The molecule has 0 bridgehead atoms. The maximum absolute atomic E-state index is 12.3. The fraction of sp³-hybridized carbons (Fsp3) is 0.636. The zero-order valence-corrected chi connectivity index (χ0v) is 12.8. The molecule has 0 fully saturated rings. The predicted molar refractivity (Wildman–Crippen MR) is 73.4 cm³/mol. The highest BCUT2D eigenvalue weighted by Gasteiger charge is 2.26. The molecule has 104 valence electrons. The molecule has 0 aromatic carbocycles. The Bertz CT molecular complexity index is 470.